The van der Waals surface area contributed by atoms with E-state index in [0.717, 1.165) is 31.4 Å². The molecule has 0 spiro atoms. The van der Waals surface area contributed by atoms with Gasteiger partial charge in [0, 0.05) is 24.9 Å². The molecule has 0 saturated carbocycles. The minimum atomic E-state index is -0.0123. The summed E-state index contributed by atoms with van der Waals surface area (Å²) in [5.74, 6) is 0.387. The molecule has 0 N–H and O–H groups in total. The number of rotatable bonds is 4. The van der Waals surface area contributed by atoms with E-state index in [4.69, 9.17) is 0 Å². The van der Waals surface area contributed by atoms with Gasteiger partial charge in [0.2, 0.25) is 5.91 Å². The first-order chi connectivity index (χ1) is 11.3. The zero-order valence-corrected chi connectivity index (χ0v) is 13.9. The molecule has 120 valence electrons. The summed E-state index contributed by atoms with van der Waals surface area (Å²) in [7, 11) is 0. The van der Waals surface area contributed by atoms with Gasteiger partial charge >= 0.3 is 0 Å². The van der Waals surface area contributed by atoms with Crippen LogP contribution in [-0.2, 0) is 11.2 Å². The van der Waals surface area contributed by atoms with Gasteiger partial charge in [-0.2, -0.15) is 0 Å². The monoisotopic (exact) mass is 308 g/mol. The molecule has 1 aliphatic rings. The van der Waals surface area contributed by atoms with Crippen molar-refractivity contribution in [3.05, 3.63) is 65.5 Å². The fraction of sp³-hybridized carbons (Fsp3) is 0.400. The van der Waals surface area contributed by atoms with Gasteiger partial charge in [-0.15, -0.1) is 0 Å². The van der Waals surface area contributed by atoms with E-state index < -0.39 is 0 Å². The Hall–Kier alpha value is -2.16. The summed E-state index contributed by atoms with van der Waals surface area (Å²) < 4.78 is 0. The number of hydrogen-bond acceptors (Lipinski definition) is 2. The lowest BCUT2D eigenvalue weighted by Gasteiger charge is -2.39. The number of fused-ring (bicyclic) bond motifs is 1. The van der Waals surface area contributed by atoms with Gasteiger partial charge in [-0.25, -0.2) is 0 Å². The Morgan fingerprint density at radius 3 is 2.70 bits per heavy atom. The summed E-state index contributed by atoms with van der Waals surface area (Å²) >= 11 is 0. The molecule has 0 saturated heterocycles. The topological polar surface area (TPSA) is 33.2 Å². The van der Waals surface area contributed by atoms with Crippen molar-refractivity contribution in [2.24, 2.45) is 5.92 Å². The van der Waals surface area contributed by atoms with Gasteiger partial charge in [-0.1, -0.05) is 44.2 Å². The highest BCUT2D eigenvalue weighted by Crippen LogP contribution is 2.36. The maximum Gasteiger partial charge on any atom is 0.226 e. The molecule has 0 radical (unpaired) electrons. The molecule has 0 fully saturated rings. The van der Waals surface area contributed by atoms with E-state index in [0.29, 0.717) is 0 Å². The van der Waals surface area contributed by atoms with Crippen molar-refractivity contribution in [1.29, 1.82) is 0 Å². The van der Waals surface area contributed by atoms with Crippen LogP contribution >= 0.6 is 0 Å². The number of aromatic nitrogens is 1. The average Bonchev–Trinajstić information content (AvgIpc) is 2.62. The van der Waals surface area contributed by atoms with Crippen molar-refractivity contribution in [3.8, 4) is 0 Å². The summed E-state index contributed by atoms with van der Waals surface area (Å²) in [4.78, 5) is 19.4. The summed E-state index contributed by atoms with van der Waals surface area (Å²) in [6.07, 6.45) is 6.39. The molecule has 3 rings (SSSR count). The van der Waals surface area contributed by atoms with Crippen molar-refractivity contribution in [2.45, 2.75) is 39.2 Å². The van der Waals surface area contributed by atoms with E-state index in [1.807, 2.05) is 12.3 Å². The highest BCUT2D eigenvalue weighted by Gasteiger charge is 2.34. The van der Waals surface area contributed by atoms with E-state index in [2.05, 4.69) is 54.1 Å². The maximum atomic E-state index is 13.1. The fourth-order valence-electron chi connectivity index (χ4n) is 3.57. The van der Waals surface area contributed by atoms with Crippen LogP contribution in [0.1, 0.15) is 49.4 Å². The highest BCUT2D eigenvalue weighted by atomic mass is 16.2. The lowest BCUT2D eigenvalue weighted by Crippen LogP contribution is -2.43. The normalized spacial score (nSPS) is 17.2. The second-order valence-electron chi connectivity index (χ2n) is 6.18. The Labute approximate surface area is 138 Å². The van der Waals surface area contributed by atoms with Crippen molar-refractivity contribution in [2.75, 3.05) is 6.54 Å². The van der Waals surface area contributed by atoms with Crippen LogP contribution in [0.4, 0.5) is 0 Å². The molecular formula is C20H24N2O. The van der Waals surface area contributed by atoms with Crippen LogP contribution < -0.4 is 0 Å². The van der Waals surface area contributed by atoms with Crippen LogP contribution in [0.5, 0.6) is 0 Å². The van der Waals surface area contributed by atoms with Crippen LogP contribution in [0, 0.1) is 5.92 Å². The maximum absolute atomic E-state index is 13.1. The van der Waals surface area contributed by atoms with E-state index in [1.54, 1.807) is 6.20 Å². The molecule has 1 unspecified atom stereocenters. The minimum Gasteiger partial charge on any atom is -0.331 e. The Balaban J connectivity index is 2.04. The van der Waals surface area contributed by atoms with Gasteiger partial charge in [0.05, 0.1) is 6.04 Å². The molecule has 23 heavy (non-hydrogen) atoms. The molecule has 2 heterocycles. The molecule has 3 nitrogen and oxygen atoms in total. The van der Waals surface area contributed by atoms with E-state index in [9.17, 15) is 4.79 Å². The zero-order valence-electron chi connectivity index (χ0n) is 13.9. The number of carbonyl (C=O) groups is 1. The summed E-state index contributed by atoms with van der Waals surface area (Å²) in [5, 5.41) is 0. The highest BCUT2D eigenvalue weighted by molar-refractivity contribution is 5.80. The molecule has 1 atom stereocenters. The Bertz CT molecular complexity index is 664. The number of amides is 1. The molecule has 1 amide bonds. The van der Waals surface area contributed by atoms with Crippen molar-refractivity contribution < 1.29 is 4.79 Å². The molecule has 0 bridgehead atoms. The van der Waals surface area contributed by atoms with Crippen LogP contribution in [0.25, 0.3) is 0 Å². The van der Waals surface area contributed by atoms with E-state index >= 15 is 0 Å². The summed E-state index contributed by atoms with van der Waals surface area (Å²) in [5.41, 5.74) is 3.68. The average molecular weight is 308 g/mol. The largest absolute Gasteiger partial charge is 0.331 e. The van der Waals surface area contributed by atoms with Gasteiger partial charge in [-0.05, 0) is 42.0 Å². The third-order valence-corrected chi connectivity index (χ3v) is 4.90. The molecule has 2 aromatic rings. The van der Waals surface area contributed by atoms with Gasteiger partial charge in [0.25, 0.3) is 0 Å². The lowest BCUT2D eigenvalue weighted by molar-refractivity contribution is -0.137. The second-order valence-corrected chi connectivity index (χ2v) is 6.18. The predicted molar refractivity (Wildman–Crippen MR) is 92.0 cm³/mol. The molecular weight excluding hydrogens is 284 g/mol. The van der Waals surface area contributed by atoms with Crippen LogP contribution in [0.2, 0.25) is 0 Å². The number of carbonyl (C=O) groups excluding carboxylic acids is 1. The number of pyridine rings is 1. The van der Waals surface area contributed by atoms with E-state index in [-0.39, 0.29) is 17.9 Å². The molecule has 0 aliphatic carbocycles. The first kappa shape index (κ1) is 15.7. The van der Waals surface area contributed by atoms with Crippen molar-refractivity contribution in [3.63, 3.8) is 0 Å². The number of nitrogens with zero attached hydrogens (tertiary/aromatic N) is 2. The van der Waals surface area contributed by atoms with Crippen LogP contribution in [0.15, 0.2) is 48.8 Å². The first-order valence-corrected chi connectivity index (χ1v) is 8.54. The van der Waals surface area contributed by atoms with Crippen LogP contribution in [0.3, 0.4) is 0 Å². The van der Waals surface area contributed by atoms with Gasteiger partial charge in [0.1, 0.15) is 0 Å². The van der Waals surface area contributed by atoms with Gasteiger partial charge in [-0.3, -0.25) is 9.78 Å². The predicted octanol–water partition coefficient (Wildman–Crippen LogP) is 3.99. The third-order valence-electron chi connectivity index (χ3n) is 4.90. The van der Waals surface area contributed by atoms with Gasteiger partial charge in [0.15, 0.2) is 0 Å². The Morgan fingerprint density at radius 1 is 1.22 bits per heavy atom. The summed E-state index contributed by atoms with van der Waals surface area (Å²) in [6, 6.07) is 12.5. The van der Waals surface area contributed by atoms with E-state index in [1.165, 1.54) is 11.1 Å². The van der Waals surface area contributed by atoms with Gasteiger partial charge < -0.3 is 4.90 Å². The molecule has 3 heteroatoms. The lowest BCUT2D eigenvalue weighted by atomic mass is 9.87. The summed E-state index contributed by atoms with van der Waals surface area (Å²) in [6.45, 7) is 4.98. The van der Waals surface area contributed by atoms with Crippen LogP contribution in [-0.4, -0.2) is 22.3 Å². The first-order valence-electron chi connectivity index (χ1n) is 8.54. The minimum absolute atomic E-state index is 0.0123. The SMILES string of the molecule is CCC(CC)C(=O)N1CCc2ccccc2C1c1cccnc1. The van der Waals surface area contributed by atoms with Crippen molar-refractivity contribution >= 4 is 5.91 Å². The fourth-order valence-corrected chi connectivity index (χ4v) is 3.57. The zero-order chi connectivity index (χ0) is 16.2. The Kier molecular flexibility index (Phi) is 4.75. The molecule has 1 aromatic heterocycles. The Morgan fingerprint density at radius 2 is 2.00 bits per heavy atom. The number of hydrogen-bond donors (Lipinski definition) is 0. The standard InChI is InChI=1S/C20H24N2O/c1-3-15(4-2)20(23)22-13-11-16-8-5-6-10-18(16)19(22)17-9-7-12-21-14-17/h5-10,12,14-15,19H,3-4,11,13H2,1-2H3. The number of benzene rings is 1. The smallest absolute Gasteiger partial charge is 0.226 e. The van der Waals surface area contributed by atoms with Crippen molar-refractivity contribution in [1.82, 2.24) is 9.88 Å². The third kappa shape index (κ3) is 3.00. The quantitative estimate of drug-likeness (QED) is 0.855. The second kappa shape index (κ2) is 6.95. The molecule has 1 aliphatic heterocycles. The molecule has 1 aromatic carbocycles.